The molecule has 1 heterocycles. The molecule has 0 bridgehead atoms. The van der Waals surface area contributed by atoms with E-state index < -0.39 is 17.7 Å². The third-order valence-electron chi connectivity index (χ3n) is 5.32. The van der Waals surface area contributed by atoms with Crippen molar-refractivity contribution in [3.05, 3.63) is 75.7 Å². The molecule has 0 unspecified atom stereocenters. The van der Waals surface area contributed by atoms with Crippen LogP contribution in [0, 0.1) is 13.8 Å². The van der Waals surface area contributed by atoms with Gasteiger partial charge in [0.1, 0.15) is 5.75 Å². The van der Waals surface area contributed by atoms with Crippen LogP contribution in [0.1, 0.15) is 46.4 Å². The zero-order chi connectivity index (χ0) is 23.5. The van der Waals surface area contributed by atoms with Gasteiger partial charge in [-0.2, -0.15) is 13.2 Å². The lowest BCUT2D eigenvalue weighted by atomic mass is 10.0. The van der Waals surface area contributed by atoms with Crippen molar-refractivity contribution in [2.75, 3.05) is 6.61 Å². The smallest absolute Gasteiger partial charge is 0.416 e. The summed E-state index contributed by atoms with van der Waals surface area (Å²) in [5.74, 6) is 0.0151. The third kappa shape index (κ3) is 5.91. The van der Waals surface area contributed by atoms with Crippen LogP contribution in [-0.4, -0.2) is 17.7 Å². The number of hydrogen-bond donors (Lipinski definition) is 1. The van der Waals surface area contributed by atoms with Crippen molar-refractivity contribution in [1.29, 1.82) is 0 Å². The van der Waals surface area contributed by atoms with Crippen LogP contribution in [0.4, 0.5) is 13.2 Å². The molecule has 1 atom stereocenters. The SMILES string of the molecule is Cc1cc(OC[C@@H](C)c2sc(-c3ccc(C(F)(F)F)cc3)cc2C)ccc1CCC(=O)O. The fraction of sp³-hybridized carbons (Fsp3) is 0.320. The van der Waals surface area contributed by atoms with E-state index in [4.69, 9.17) is 9.84 Å². The second kappa shape index (κ2) is 9.77. The van der Waals surface area contributed by atoms with E-state index >= 15 is 0 Å². The molecule has 0 aliphatic rings. The summed E-state index contributed by atoms with van der Waals surface area (Å²) in [6.45, 7) is 6.45. The Morgan fingerprint density at radius 2 is 1.75 bits per heavy atom. The number of carbonyl (C=O) groups is 1. The van der Waals surface area contributed by atoms with Gasteiger partial charge in [-0.25, -0.2) is 0 Å². The predicted molar refractivity (Wildman–Crippen MR) is 121 cm³/mol. The minimum atomic E-state index is -4.34. The zero-order valence-electron chi connectivity index (χ0n) is 18.1. The highest BCUT2D eigenvalue weighted by Crippen LogP contribution is 2.37. The molecule has 170 valence electrons. The maximum atomic E-state index is 12.8. The first-order chi connectivity index (χ1) is 15.0. The van der Waals surface area contributed by atoms with E-state index in [2.05, 4.69) is 6.92 Å². The van der Waals surface area contributed by atoms with Gasteiger partial charge in [-0.15, -0.1) is 11.3 Å². The van der Waals surface area contributed by atoms with Gasteiger partial charge in [0.15, 0.2) is 0 Å². The van der Waals surface area contributed by atoms with Crippen molar-refractivity contribution >= 4 is 17.3 Å². The summed E-state index contributed by atoms with van der Waals surface area (Å²) in [4.78, 5) is 12.8. The Balaban J connectivity index is 1.66. The molecule has 0 fully saturated rings. The van der Waals surface area contributed by atoms with Gasteiger partial charge < -0.3 is 9.84 Å². The van der Waals surface area contributed by atoms with Gasteiger partial charge in [-0.1, -0.05) is 25.1 Å². The first-order valence-corrected chi connectivity index (χ1v) is 11.1. The second-order valence-electron chi connectivity index (χ2n) is 7.93. The number of hydrogen-bond acceptors (Lipinski definition) is 3. The number of ether oxygens (including phenoxy) is 1. The summed E-state index contributed by atoms with van der Waals surface area (Å²) in [7, 11) is 0. The maximum absolute atomic E-state index is 12.8. The van der Waals surface area contributed by atoms with E-state index in [9.17, 15) is 18.0 Å². The standard InChI is InChI=1S/C25H25F3O3S/c1-15-12-21(10-6-18(15)7-11-23(29)30)31-14-17(3)24-16(2)13-22(32-24)19-4-8-20(9-5-19)25(26,27)28/h4-6,8-10,12-13,17H,7,11,14H2,1-3H3,(H,29,30)/t17-/m1/s1. The van der Waals surface area contributed by atoms with Crippen molar-refractivity contribution in [2.45, 2.75) is 45.7 Å². The Bertz CT molecular complexity index is 1080. The molecule has 0 amide bonds. The molecule has 0 aliphatic heterocycles. The van der Waals surface area contributed by atoms with Crippen molar-refractivity contribution in [1.82, 2.24) is 0 Å². The van der Waals surface area contributed by atoms with E-state index in [0.29, 0.717) is 13.0 Å². The van der Waals surface area contributed by atoms with Crippen LogP contribution in [0.3, 0.4) is 0 Å². The number of halogens is 3. The molecule has 0 spiro atoms. The maximum Gasteiger partial charge on any atom is 0.416 e. The van der Waals surface area contributed by atoms with Gasteiger partial charge >= 0.3 is 12.1 Å². The molecule has 0 aliphatic carbocycles. The Hall–Kier alpha value is -2.80. The summed E-state index contributed by atoms with van der Waals surface area (Å²) < 4.78 is 44.4. The molecule has 1 aromatic heterocycles. The third-order valence-corrected chi connectivity index (χ3v) is 6.84. The molecule has 3 nitrogen and oxygen atoms in total. The zero-order valence-corrected chi connectivity index (χ0v) is 18.9. The number of carboxylic acids is 1. The summed E-state index contributed by atoms with van der Waals surface area (Å²) >= 11 is 1.57. The van der Waals surface area contributed by atoms with E-state index in [1.807, 2.05) is 38.1 Å². The predicted octanol–water partition coefficient (Wildman–Crippen LogP) is 7.25. The van der Waals surface area contributed by atoms with Crippen LogP contribution in [-0.2, 0) is 17.4 Å². The average Bonchev–Trinajstić information content (AvgIpc) is 3.12. The van der Waals surface area contributed by atoms with Crippen LogP contribution in [0.25, 0.3) is 10.4 Å². The quantitative estimate of drug-likeness (QED) is 0.383. The number of thiophene rings is 1. The molecule has 1 N–H and O–H groups in total. The molecule has 0 saturated carbocycles. The van der Waals surface area contributed by atoms with Crippen molar-refractivity contribution in [3.8, 4) is 16.2 Å². The van der Waals surface area contributed by atoms with Gasteiger partial charge in [0.2, 0.25) is 0 Å². The number of benzene rings is 2. The molecule has 7 heteroatoms. The highest BCUT2D eigenvalue weighted by Gasteiger charge is 2.30. The highest BCUT2D eigenvalue weighted by molar-refractivity contribution is 7.15. The highest BCUT2D eigenvalue weighted by atomic mass is 32.1. The molecular formula is C25H25F3O3S. The topological polar surface area (TPSA) is 46.5 Å². The first-order valence-electron chi connectivity index (χ1n) is 10.3. The monoisotopic (exact) mass is 462 g/mol. The number of carboxylic acid groups (broad SMARTS) is 1. The molecular weight excluding hydrogens is 437 g/mol. The van der Waals surface area contributed by atoms with E-state index in [-0.39, 0.29) is 12.3 Å². The lowest BCUT2D eigenvalue weighted by molar-refractivity contribution is -0.138. The Labute approximate surface area is 189 Å². The van der Waals surface area contributed by atoms with Crippen LogP contribution < -0.4 is 4.74 Å². The Morgan fingerprint density at radius 3 is 2.34 bits per heavy atom. The summed E-state index contributed by atoms with van der Waals surface area (Å²) in [5, 5.41) is 8.85. The molecule has 3 rings (SSSR count). The van der Waals surface area contributed by atoms with Crippen molar-refractivity contribution in [3.63, 3.8) is 0 Å². The van der Waals surface area contributed by atoms with Gasteiger partial charge in [0.25, 0.3) is 0 Å². The Kier molecular flexibility index (Phi) is 7.29. The first kappa shape index (κ1) is 23.9. The van der Waals surface area contributed by atoms with Crippen molar-refractivity contribution in [2.24, 2.45) is 0 Å². The van der Waals surface area contributed by atoms with Crippen LogP contribution >= 0.6 is 11.3 Å². The normalized spacial score (nSPS) is 12.6. The van der Waals surface area contributed by atoms with E-state index in [0.717, 1.165) is 49.9 Å². The van der Waals surface area contributed by atoms with Gasteiger partial charge in [-0.3, -0.25) is 4.79 Å². The van der Waals surface area contributed by atoms with Crippen LogP contribution in [0.15, 0.2) is 48.5 Å². The minimum absolute atomic E-state index is 0.0942. The molecule has 32 heavy (non-hydrogen) atoms. The largest absolute Gasteiger partial charge is 0.493 e. The fourth-order valence-electron chi connectivity index (χ4n) is 3.53. The van der Waals surface area contributed by atoms with Gasteiger partial charge in [0.05, 0.1) is 12.2 Å². The van der Waals surface area contributed by atoms with Crippen LogP contribution in [0.2, 0.25) is 0 Å². The molecule has 0 saturated heterocycles. The number of aliphatic carboxylic acids is 1. The molecule has 0 radical (unpaired) electrons. The summed E-state index contributed by atoms with van der Waals surface area (Å²) in [5.41, 5.74) is 3.18. The molecule has 2 aromatic carbocycles. The Morgan fingerprint density at radius 1 is 1.06 bits per heavy atom. The summed E-state index contributed by atoms with van der Waals surface area (Å²) in [6, 6.07) is 12.9. The minimum Gasteiger partial charge on any atom is -0.493 e. The number of rotatable bonds is 8. The van der Waals surface area contributed by atoms with E-state index in [1.54, 1.807) is 11.3 Å². The number of aryl methyl sites for hydroxylation is 3. The fourth-order valence-corrected chi connectivity index (χ4v) is 4.74. The average molecular weight is 463 g/mol. The van der Waals surface area contributed by atoms with Crippen molar-refractivity contribution < 1.29 is 27.8 Å². The summed E-state index contributed by atoms with van der Waals surface area (Å²) in [6.07, 6.45) is -3.76. The lowest BCUT2D eigenvalue weighted by Gasteiger charge is -2.14. The van der Waals surface area contributed by atoms with Crippen LogP contribution in [0.5, 0.6) is 5.75 Å². The van der Waals surface area contributed by atoms with Gasteiger partial charge in [-0.05, 0) is 72.9 Å². The molecule has 3 aromatic rings. The second-order valence-corrected chi connectivity index (χ2v) is 9.01. The van der Waals surface area contributed by atoms with Gasteiger partial charge in [0, 0.05) is 22.1 Å². The lowest BCUT2D eigenvalue weighted by Crippen LogP contribution is -2.07. The van der Waals surface area contributed by atoms with E-state index in [1.165, 1.54) is 12.1 Å². The number of alkyl halides is 3.